The Bertz CT molecular complexity index is 173. The Labute approximate surface area is 63.1 Å². The van der Waals surface area contributed by atoms with E-state index in [9.17, 15) is 0 Å². The van der Waals surface area contributed by atoms with Crippen LogP contribution in [0.25, 0.3) is 0 Å². The Morgan fingerprint density at radius 2 is 2.50 bits per heavy atom. The van der Waals surface area contributed by atoms with Gasteiger partial charge in [0, 0.05) is 17.5 Å². The number of hydrogen-bond acceptors (Lipinski definition) is 5. The maximum absolute atomic E-state index is 8.81. The first-order chi connectivity index (χ1) is 4.88. The van der Waals surface area contributed by atoms with Crippen molar-refractivity contribution in [2.24, 2.45) is 0 Å². The molecule has 0 aromatic carbocycles. The molecule has 1 unspecified atom stereocenters. The summed E-state index contributed by atoms with van der Waals surface area (Å²) >= 11 is 1.25. The van der Waals surface area contributed by atoms with Crippen molar-refractivity contribution < 1.29 is 5.11 Å². The molecule has 0 saturated carbocycles. The molecule has 0 bridgehead atoms. The van der Waals surface area contributed by atoms with Crippen LogP contribution in [0.1, 0.15) is 24.3 Å². The molecule has 0 amide bonds. The monoisotopic (exact) mass is 159 g/mol. The van der Waals surface area contributed by atoms with Gasteiger partial charge in [-0.25, -0.2) is 0 Å². The Hall–Kier alpha value is -0.550. The molecule has 4 nitrogen and oxygen atoms in total. The van der Waals surface area contributed by atoms with Crippen LogP contribution in [0, 0.1) is 0 Å². The molecule has 1 atom stereocenters. The van der Waals surface area contributed by atoms with Gasteiger partial charge in [-0.05, 0) is 11.6 Å². The zero-order chi connectivity index (χ0) is 7.40. The Morgan fingerprint density at radius 1 is 1.70 bits per heavy atom. The molecule has 0 aliphatic carbocycles. The van der Waals surface area contributed by atoms with Gasteiger partial charge in [0.25, 0.3) is 0 Å². The fourth-order valence-corrected chi connectivity index (χ4v) is 1.30. The Morgan fingerprint density at radius 3 is 2.90 bits per heavy atom. The normalized spacial score (nSPS) is 13.4. The van der Waals surface area contributed by atoms with Crippen LogP contribution < -0.4 is 0 Å². The number of aliphatic hydroxyl groups is 1. The van der Waals surface area contributed by atoms with Gasteiger partial charge >= 0.3 is 0 Å². The van der Waals surface area contributed by atoms with Gasteiger partial charge in [0.2, 0.25) is 0 Å². The van der Waals surface area contributed by atoms with Gasteiger partial charge in [-0.15, -0.1) is 5.10 Å². The van der Waals surface area contributed by atoms with Crippen molar-refractivity contribution in [3.8, 4) is 0 Å². The SMILES string of the molecule is CCC(CO)c1nnns1. The van der Waals surface area contributed by atoms with Crippen molar-refractivity contribution in [3.63, 3.8) is 0 Å². The van der Waals surface area contributed by atoms with Crippen LogP contribution in [0.2, 0.25) is 0 Å². The summed E-state index contributed by atoms with van der Waals surface area (Å²) in [6.07, 6.45) is 0.882. The van der Waals surface area contributed by atoms with Gasteiger partial charge in [-0.2, -0.15) is 0 Å². The Kier molecular flexibility index (Phi) is 2.70. The highest BCUT2D eigenvalue weighted by Gasteiger charge is 2.11. The lowest BCUT2D eigenvalue weighted by molar-refractivity contribution is 0.261. The van der Waals surface area contributed by atoms with Crippen LogP contribution in [0.15, 0.2) is 0 Å². The lowest BCUT2D eigenvalue weighted by Gasteiger charge is -2.03. The van der Waals surface area contributed by atoms with E-state index in [4.69, 9.17) is 5.11 Å². The highest BCUT2D eigenvalue weighted by atomic mass is 32.1. The van der Waals surface area contributed by atoms with Crippen molar-refractivity contribution in [1.29, 1.82) is 0 Å². The van der Waals surface area contributed by atoms with Crippen molar-refractivity contribution in [2.75, 3.05) is 6.61 Å². The lowest BCUT2D eigenvalue weighted by atomic mass is 10.1. The molecule has 0 fully saturated rings. The van der Waals surface area contributed by atoms with E-state index in [1.807, 2.05) is 6.92 Å². The van der Waals surface area contributed by atoms with Crippen LogP contribution in [-0.4, -0.2) is 26.5 Å². The number of aromatic nitrogens is 3. The fraction of sp³-hybridized carbons (Fsp3) is 0.800. The van der Waals surface area contributed by atoms with Gasteiger partial charge in [0.05, 0.1) is 6.61 Å². The molecule has 10 heavy (non-hydrogen) atoms. The van der Waals surface area contributed by atoms with Crippen LogP contribution in [0.3, 0.4) is 0 Å². The molecule has 1 rings (SSSR count). The van der Waals surface area contributed by atoms with Crippen LogP contribution in [0.5, 0.6) is 0 Å². The molecule has 0 radical (unpaired) electrons. The minimum absolute atomic E-state index is 0.125. The van der Waals surface area contributed by atoms with Crippen molar-refractivity contribution >= 4 is 11.5 Å². The average Bonchev–Trinajstić information content (AvgIpc) is 2.43. The number of rotatable bonds is 3. The summed E-state index contributed by atoms with van der Waals surface area (Å²) in [5, 5.41) is 16.8. The molecule has 5 heteroatoms. The second-order valence-electron chi connectivity index (χ2n) is 1.99. The third-order valence-corrected chi connectivity index (χ3v) is 2.13. The average molecular weight is 159 g/mol. The largest absolute Gasteiger partial charge is 0.396 e. The van der Waals surface area contributed by atoms with E-state index < -0.39 is 0 Å². The topological polar surface area (TPSA) is 58.9 Å². The van der Waals surface area contributed by atoms with E-state index in [0.717, 1.165) is 11.4 Å². The molecule has 1 aromatic heterocycles. The second-order valence-corrected chi connectivity index (χ2v) is 2.75. The van der Waals surface area contributed by atoms with Crippen LogP contribution >= 0.6 is 11.5 Å². The molecular formula is C5H9N3OS. The summed E-state index contributed by atoms with van der Waals surface area (Å²) in [6, 6.07) is 0. The van der Waals surface area contributed by atoms with E-state index in [-0.39, 0.29) is 12.5 Å². The molecule has 1 aromatic rings. The van der Waals surface area contributed by atoms with Crippen LogP contribution in [-0.2, 0) is 0 Å². The third-order valence-electron chi connectivity index (χ3n) is 1.38. The van der Waals surface area contributed by atoms with E-state index in [1.165, 1.54) is 11.5 Å². The van der Waals surface area contributed by atoms with Crippen molar-refractivity contribution in [3.05, 3.63) is 5.01 Å². The number of hydrogen-bond donors (Lipinski definition) is 1. The summed E-state index contributed by atoms with van der Waals surface area (Å²) in [5.41, 5.74) is 0. The van der Waals surface area contributed by atoms with Crippen molar-refractivity contribution in [2.45, 2.75) is 19.3 Å². The molecule has 0 aliphatic rings. The summed E-state index contributed by atoms with van der Waals surface area (Å²) < 4.78 is 3.61. The smallest absolute Gasteiger partial charge is 0.143 e. The molecule has 0 spiro atoms. The van der Waals surface area contributed by atoms with Gasteiger partial charge in [-0.1, -0.05) is 11.4 Å². The summed E-state index contributed by atoms with van der Waals surface area (Å²) in [5.74, 6) is 0.125. The first-order valence-corrected chi connectivity index (χ1v) is 3.91. The molecule has 0 saturated heterocycles. The van der Waals surface area contributed by atoms with Gasteiger partial charge in [0.15, 0.2) is 0 Å². The van der Waals surface area contributed by atoms with E-state index in [2.05, 4.69) is 14.8 Å². The van der Waals surface area contributed by atoms with Crippen molar-refractivity contribution in [1.82, 2.24) is 14.8 Å². The summed E-state index contributed by atoms with van der Waals surface area (Å²) in [6.45, 7) is 2.13. The van der Waals surface area contributed by atoms with E-state index in [1.54, 1.807) is 0 Å². The van der Waals surface area contributed by atoms with E-state index in [0.29, 0.717) is 0 Å². The maximum Gasteiger partial charge on any atom is 0.143 e. The zero-order valence-electron chi connectivity index (χ0n) is 5.69. The predicted molar refractivity (Wildman–Crippen MR) is 37.8 cm³/mol. The third kappa shape index (κ3) is 1.48. The number of aliphatic hydroxyl groups excluding tert-OH is 1. The minimum atomic E-state index is 0.125. The van der Waals surface area contributed by atoms with Gasteiger partial charge in [-0.3, -0.25) is 0 Å². The van der Waals surface area contributed by atoms with Gasteiger partial charge < -0.3 is 5.11 Å². The molecule has 0 aliphatic heterocycles. The first kappa shape index (κ1) is 7.56. The first-order valence-electron chi connectivity index (χ1n) is 3.14. The van der Waals surface area contributed by atoms with Crippen LogP contribution in [0.4, 0.5) is 0 Å². The molecule has 1 heterocycles. The fourth-order valence-electron chi connectivity index (χ4n) is 0.679. The predicted octanol–water partition coefficient (Wildman–Crippen LogP) is 0.419. The zero-order valence-corrected chi connectivity index (χ0v) is 6.51. The molecular weight excluding hydrogens is 150 g/mol. The maximum atomic E-state index is 8.81. The van der Waals surface area contributed by atoms with E-state index >= 15 is 0 Å². The quantitative estimate of drug-likeness (QED) is 0.694. The highest BCUT2D eigenvalue weighted by molar-refractivity contribution is 7.05. The molecule has 56 valence electrons. The Balaban J connectivity index is 2.64. The lowest BCUT2D eigenvalue weighted by Crippen LogP contribution is -2.01. The summed E-state index contributed by atoms with van der Waals surface area (Å²) in [4.78, 5) is 0. The molecule has 1 N–H and O–H groups in total. The summed E-state index contributed by atoms with van der Waals surface area (Å²) in [7, 11) is 0. The number of nitrogens with zero attached hydrogens (tertiary/aromatic N) is 3. The van der Waals surface area contributed by atoms with Gasteiger partial charge in [0.1, 0.15) is 5.01 Å². The highest BCUT2D eigenvalue weighted by Crippen LogP contribution is 2.17. The standard InChI is InChI=1S/C5H9N3OS/c1-2-4(3-9)5-6-7-8-10-5/h4,9H,2-3H2,1H3. The second kappa shape index (κ2) is 3.58. The minimum Gasteiger partial charge on any atom is -0.396 e.